The van der Waals surface area contributed by atoms with Crippen LogP contribution in [-0.2, 0) is 14.6 Å². The van der Waals surface area contributed by atoms with Crippen LogP contribution < -0.4 is 4.74 Å². The highest BCUT2D eigenvalue weighted by molar-refractivity contribution is 7.91. The second kappa shape index (κ2) is 5.83. The third kappa shape index (κ3) is 3.21. The van der Waals surface area contributed by atoms with E-state index in [0.29, 0.717) is 0 Å². The Morgan fingerprint density at radius 1 is 1.33 bits per heavy atom. The van der Waals surface area contributed by atoms with Gasteiger partial charge in [0.05, 0.1) is 25.0 Å². The van der Waals surface area contributed by atoms with Crippen LogP contribution in [0.5, 0.6) is 5.75 Å². The Hall–Kier alpha value is -1.60. The fraction of sp³-hybridized carbons (Fsp3) is 0.364. The summed E-state index contributed by atoms with van der Waals surface area (Å²) in [5.74, 6) is -1.31. The zero-order valence-electron chi connectivity index (χ0n) is 10.0. The number of rotatable bonds is 6. The van der Waals surface area contributed by atoms with Gasteiger partial charge in [-0.25, -0.2) is 13.2 Å². The molecule has 1 aromatic rings. The lowest BCUT2D eigenvalue weighted by atomic mass is 10.2. The molecule has 0 unspecified atom stereocenters. The molecular weight excluding hydrogens is 260 g/mol. The molecule has 0 spiro atoms. The van der Waals surface area contributed by atoms with Crippen molar-refractivity contribution < 1.29 is 27.8 Å². The molecule has 0 saturated carbocycles. The molecule has 6 nitrogen and oxygen atoms in total. The van der Waals surface area contributed by atoms with Crippen molar-refractivity contribution >= 4 is 15.8 Å². The van der Waals surface area contributed by atoms with Gasteiger partial charge < -0.3 is 14.6 Å². The predicted octanol–water partition coefficient (Wildman–Crippen LogP) is 0.813. The maximum absolute atomic E-state index is 12.0. The highest BCUT2D eigenvalue weighted by Gasteiger charge is 2.21. The average molecular weight is 274 g/mol. The smallest absolute Gasteiger partial charge is 0.335 e. The molecule has 18 heavy (non-hydrogen) atoms. The summed E-state index contributed by atoms with van der Waals surface area (Å²) in [5.41, 5.74) is -0.105. The summed E-state index contributed by atoms with van der Waals surface area (Å²) in [4.78, 5) is 10.7. The molecule has 0 aliphatic carbocycles. The lowest BCUT2D eigenvalue weighted by Gasteiger charge is -2.10. The molecule has 1 aromatic carbocycles. The van der Waals surface area contributed by atoms with Crippen LogP contribution in [0.15, 0.2) is 23.1 Å². The number of benzene rings is 1. The quantitative estimate of drug-likeness (QED) is 0.825. The van der Waals surface area contributed by atoms with Crippen LogP contribution >= 0.6 is 0 Å². The summed E-state index contributed by atoms with van der Waals surface area (Å²) in [7, 11) is -0.921. The van der Waals surface area contributed by atoms with Gasteiger partial charge >= 0.3 is 5.97 Å². The molecule has 0 aliphatic rings. The number of aromatic carboxylic acids is 1. The molecule has 0 heterocycles. The summed E-state index contributed by atoms with van der Waals surface area (Å²) >= 11 is 0. The summed E-state index contributed by atoms with van der Waals surface area (Å²) in [6.07, 6.45) is 0. The first-order valence-corrected chi connectivity index (χ1v) is 6.70. The molecule has 0 aromatic heterocycles. The standard InChI is InChI=1S/C11H14O6S/c1-16-5-6-18(14,15)10-7-8(11(12)13)3-4-9(10)17-2/h3-4,7H,5-6H2,1-2H3,(H,12,13). The molecular formula is C11H14O6S. The number of hydrogen-bond donors (Lipinski definition) is 1. The van der Waals surface area contributed by atoms with E-state index in [-0.39, 0.29) is 28.6 Å². The molecule has 100 valence electrons. The minimum atomic E-state index is -3.63. The first-order valence-electron chi connectivity index (χ1n) is 5.05. The molecule has 0 saturated heterocycles. The van der Waals surface area contributed by atoms with Gasteiger partial charge in [0.25, 0.3) is 0 Å². The van der Waals surface area contributed by atoms with E-state index in [1.165, 1.54) is 26.4 Å². The monoisotopic (exact) mass is 274 g/mol. The zero-order valence-corrected chi connectivity index (χ0v) is 10.9. The largest absolute Gasteiger partial charge is 0.495 e. The van der Waals surface area contributed by atoms with Gasteiger partial charge in [-0.1, -0.05) is 0 Å². The highest BCUT2D eigenvalue weighted by Crippen LogP contribution is 2.26. The zero-order chi connectivity index (χ0) is 13.8. The number of carboxylic acids is 1. The first-order chi connectivity index (χ1) is 8.42. The molecule has 0 amide bonds. The van der Waals surface area contributed by atoms with Crippen LogP contribution in [-0.4, -0.2) is 46.1 Å². The molecule has 0 radical (unpaired) electrons. The maximum atomic E-state index is 12.0. The molecule has 0 fully saturated rings. The summed E-state index contributed by atoms with van der Waals surface area (Å²) in [6.45, 7) is 0.0305. The Morgan fingerprint density at radius 3 is 2.50 bits per heavy atom. The van der Waals surface area contributed by atoms with Gasteiger partial charge in [-0.15, -0.1) is 0 Å². The summed E-state index contributed by atoms with van der Waals surface area (Å²) in [6, 6.07) is 3.70. The number of ether oxygens (including phenoxy) is 2. The van der Waals surface area contributed by atoms with E-state index in [9.17, 15) is 13.2 Å². The van der Waals surface area contributed by atoms with Crippen LogP contribution in [0.3, 0.4) is 0 Å². The van der Waals surface area contributed by atoms with Crippen molar-refractivity contribution in [1.82, 2.24) is 0 Å². The maximum Gasteiger partial charge on any atom is 0.335 e. The fourth-order valence-electron chi connectivity index (χ4n) is 1.36. The van der Waals surface area contributed by atoms with Crippen molar-refractivity contribution in [1.29, 1.82) is 0 Å². The topological polar surface area (TPSA) is 89.9 Å². The average Bonchev–Trinajstić information content (AvgIpc) is 2.35. The lowest BCUT2D eigenvalue weighted by Crippen LogP contribution is -2.13. The molecule has 1 N–H and O–H groups in total. The van der Waals surface area contributed by atoms with E-state index < -0.39 is 15.8 Å². The number of carboxylic acid groups (broad SMARTS) is 1. The Balaban J connectivity index is 3.27. The second-order valence-corrected chi connectivity index (χ2v) is 5.56. The Bertz CT molecular complexity index is 534. The van der Waals surface area contributed by atoms with Gasteiger partial charge in [-0.05, 0) is 18.2 Å². The van der Waals surface area contributed by atoms with Gasteiger partial charge in [0.15, 0.2) is 9.84 Å². The molecule has 7 heteroatoms. The van der Waals surface area contributed by atoms with Crippen molar-refractivity contribution in [3.63, 3.8) is 0 Å². The van der Waals surface area contributed by atoms with Gasteiger partial charge in [-0.3, -0.25) is 0 Å². The minimum Gasteiger partial charge on any atom is -0.495 e. The Labute approximate surface area is 105 Å². The van der Waals surface area contributed by atoms with E-state index in [0.717, 1.165) is 6.07 Å². The van der Waals surface area contributed by atoms with Gasteiger partial charge in [0, 0.05) is 7.11 Å². The third-order valence-corrected chi connectivity index (χ3v) is 4.00. The fourth-order valence-corrected chi connectivity index (χ4v) is 2.73. The molecule has 0 atom stereocenters. The third-order valence-electron chi connectivity index (χ3n) is 2.30. The highest BCUT2D eigenvalue weighted by atomic mass is 32.2. The molecule has 0 aliphatic heterocycles. The van der Waals surface area contributed by atoms with E-state index in [1.807, 2.05) is 0 Å². The number of methoxy groups -OCH3 is 2. The van der Waals surface area contributed by atoms with Crippen molar-refractivity contribution in [3.05, 3.63) is 23.8 Å². The SMILES string of the molecule is COCCS(=O)(=O)c1cc(C(=O)O)ccc1OC. The van der Waals surface area contributed by atoms with Crippen molar-refractivity contribution in [2.45, 2.75) is 4.90 Å². The molecule has 0 bridgehead atoms. The van der Waals surface area contributed by atoms with Crippen molar-refractivity contribution in [2.75, 3.05) is 26.6 Å². The number of carbonyl (C=O) groups is 1. The normalized spacial score (nSPS) is 11.2. The van der Waals surface area contributed by atoms with Gasteiger partial charge in [0.2, 0.25) is 0 Å². The summed E-state index contributed by atoms with van der Waals surface area (Å²) < 4.78 is 33.6. The minimum absolute atomic E-state index is 0.0305. The lowest BCUT2D eigenvalue weighted by molar-refractivity contribution is 0.0696. The van der Waals surface area contributed by atoms with E-state index >= 15 is 0 Å². The van der Waals surface area contributed by atoms with E-state index in [2.05, 4.69) is 0 Å². The summed E-state index contributed by atoms with van der Waals surface area (Å²) in [5, 5.41) is 8.85. The molecule has 1 rings (SSSR count). The number of sulfone groups is 1. The van der Waals surface area contributed by atoms with Crippen LogP contribution in [0.4, 0.5) is 0 Å². The Morgan fingerprint density at radius 2 is 2.00 bits per heavy atom. The van der Waals surface area contributed by atoms with E-state index in [1.54, 1.807) is 0 Å². The predicted molar refractivity (Wildman–Crippen MR) is 63.9 cm³/mol. The van der Waals surface area contributed by atoms with Gasteiger partial charge in [0.1, 0.15) is 10.6 Å². The van der Waals surface area contributed by atoms with E-state index in [4.69, 9.17) is 14.6 Å². The van der Waals surface area contributed by atoms with Crippen molar-refractivity contribution in [3.8, 4) is 5.75 Å². The van der Waals surface area contributed by atoms with Crippen molar-refractivity contribution in [2.24, 2.45) is 0 Å². The van der Waals surface area contributed by atoms with Crippen LogP contribution in [0, 0.1) is 0 Å². The Kier molecular flexibility index (Phi) is 4.69. The van der Waals surface area contributed by atoms with Crippen LogP contribution in [0.25, 0.3) is 0 Å². The number of hydrogen-bond acceptors (Lipinski definition) is 5. The van der Waals surface area contributed by atoms with Crippen LogP contribution in [0.2, 0.25) is 0 Å². The van der Waals surface area contributed by atoms with Gasteiger partial charge in [-0.2, -0.15) is 0 Å². The first kappa shape index (κ1) is 14.5. The second-order valence-electron chi connectivity index (χ2n) is 3.48. The van der Waals surface area contributed by atoms with Crippen LogP contribution in [0.1, 0.15) is 10.4 Å².